The molecule has 1 fully saturated rings. The molecule has 1 aromatic heterocycles. The molecule has 23 heavy (non-hydrogen) atoms. The molecule has 0 spiro atoms. The van der Waals surface area contributed by atoms with Crippen molar-refractivity contribution in [3.8, 4) is 0 Å². The number of amides is 1. The van der Waals surface area contributed by atoms with Crippen molar-refractivity contribution in [3.05, 3.63) is 52.1 Å². The highest BCUT2D eigenvalue weighted by Crippen LogP contribution is 2.32. The fourth-order valence-electron chi connectivity index (χ4n) is 2.66. The highest BCUT2D eigenvalue weighted by atomic mass is 35.5. The maximum atomic E-state index is 12.6. The maximum Gasteiger partial charge on any atom is 0.254 e. The summed E-state index contributed by atoms with van der Waals surface area (Å²) < 4.78 is 0. The van der Waals surface area contributed by atoms with E-state index in [1.807, 2.05) is 4.90 Å². The third kappa shape index (κ3) is 3.77. The van der Waals surface area contributed by atoms with Gasteiger partial charge in [0, 0.05) is 24.8 Å². The Morgan fingerprint density at radius 1 is 1.09 bits per heavy atom. The van der Waals surface area contributed by atoms with Crippen LogP contribution in [0.2, 0.25) is 10.0 Å². The van der Waals surface area contributed by atoms with E-state index in [0.717, 1.165) is 25.9 Å². The van der Waals surface area contributed by atoms with E-state index in [2.05, 4.69) is 10.3 Å². The molecule has 3 rings (SSSR count). The number of likely N-dealkylation sites (tertiary alicyclic amines) is 1. The van der Waals surface area contributed by atoms with Crippen LogP contribution in [0.5, 0.6) is 0 Å². The molecule has 0 atom stereocenters. The normalized spacial score (nSPS) is 14.6. The largest absolute Gasteiger partial charge is 0.339 e. The van der Waals surface area contributed by atoms with Gasteiger partial charge in [-0.05, 0) is 43.5 Å². The number of nitrogens with one attached hydrogen (secondary N) is 1. The first-order chi connectivity index (χ1) is 11.1. The Hall–Kier alpha value is -1.78. The fourth-order valence-corrected chi connectivity index (χ4v) is 3.15. The Labute approximate surface area is 145 Å². The van der Waals surface area contributed by atoms with Crippen LogP contribution < -0.4 is 5.32 Å². The predicted molar refractivity (Wildman–Crippen MR) is 93.7 cm³/mol. The Kier molecular flexibility index (Phi) is 5.03. The second-order valence-electron chi connectivity index (χ2n) is 5.50. The van der Waals surface area contributed by atoms with Crippen molar-refractivity contribution in [1.29, 1.82) is 0 Å². The maximum absolute atomic E-state index is 12.6. The molecule has 0 saturated carbocycles. The number of aromatic nitrogens is 1. The second-order valence-corrected chi connectivity index (χ2v) is 6.32. The van der Waals surface area contributed by atoms with Crippen molar-refractivity contribution < 1.29 is 4.79 Å². The van der Waals surface area contributed by atoms with Gasteiger partial charge < -0.3 is 10.2 Å². The molecule has 0 aliphatic carbocycles. The molecule has 120 valence electrons. The molecule has 0 radical (unpaired) electrons. The number of hydrogen-bond donors (Lipinski definition) is 1. The zero-order valence-corrected chi connectivity index (χ0v) is 14.1. The molecule has 1 aliphatic rings. The average Bonchev–Trinajstić information content (AvgIpc) is 2.59. The number of rotatable bonds is 3. The van der Waals surface area contributed by atoms with Crippen LogP contribution >= 0.6 is 23.2 Å². The molecule has 1 aliphatic heterocycles. The van der Waals surface area contributed by atoms with Gasteiger partial charge >= 0.3 is 0 Å². The van der Waals surface area contributed by atoms with Crippen LogP contribution in [-0.2, 0) is 0 Å². The molecule has 4 nitrogen and oxygen atoms in total. The summed E-state index contributed by atoms with van der Waals surface area (Å²) in [6, 6.07) is 8.74. The summed E-state index contributed by atoms with van der Waals surface area (Å²) >= 11 is 12.3. The minimum absolute atomic E-state index is 0.0420. The van der Waals surface area contributed by atoms with Gasteiger partial charge in [-0.2, -0.15) is 0 Å². The number of carbonyl (C=O) groups is 1. The number of benzene rings is 1. The van der Waals surface area contributed by atoms with Gasteiger partial charge in [-0.3, -0.25) is 4.79 Å². The van der Waals surface area contributed by atoms with Crippen LogP contribution in [0.15, 0.2) is 36.5 Å². The molecular weight excluding hydrogens is 333 g/mol. The minimum atomic E-state index is 0.0420. The van der Waals surface area contributed by atoms with Crippen molar-refractivity contribution in [2.75, 3.05) is 18.4 Å². The zero-order chi connectivity index (χ0) is 16.2. The lowest BCUT2D eigenvalue weighted by Gasteiger charge is -2.26. The molecule has 6 heteroatoms. The quantitative estimate of drug-likeness (QED) is 0.868. The number of anilines is 2. The summed E-state index contributed by atoms with van der Waals surface area (Å²) in [5.41, 5.74) is 1.21. The molecule has 1 aromatic carbocycles. The van der Waals surface area contributed by atoms with Crippen LogP contribution in [0, 0.1) is 0 Å². The van der Waals surface area contributed by atoms with E-state index in [1.54, 1.807) is 36.5 Å². The fraction of sp³-hybridized carbons (Fsp3) is 0.294. The van der Waals surface area contributed by atoms with E-state index in [4.69, 9.17) is 23.2 Å². The molecule has 2 heterocycles. The molecular formula is C17H17Cl2N3O. The van der Waals surface area contributed by atoms with Gasteiger partial charge in [0.1, 0.15) is 5.82 Å². The highest BCUT2D eigenvalue weighted by Gasteiger charge is 2.18. The number of nitrogens with zero attached hydrogens (tertiary/aromatic N) is 2. The first-order valence-electron chi connectivity index (χ1n) is 7.61. The first kappa shape index (κ1) is 16.1. The molecule has 2 aromatic rings. The van der Waals surface area contributed by atoms with Gasteiger partial charge in [0.2, 0.25) is 0 Å². The number of halogens is 2. The topological polar surface area (TPSA) is 45.2 Å². The van der Waals surface area contributed by atoms with Gasteiger partial charge in [0.05, 0.1) is 15.7 Å². The standard InChI is InChI=1S/C17H17Cl2N3O/c18-13-5-4-6-14(19)16(13)21-15-11-12(7-8-20-15)17(23)22-9-2-1-3-10-22/h4-8,11H,1-3,9-10H2,(H,20,21). The average molecular weight is 350 g/mol. The van der Waals surface area contributed by atoms with E-state index >= 15 is 0 Å². The number of carbonyl (C=O) groups excluding carboxylic acids is 1. The van der Waals surface area contributed by atoms with E-state index < -0.39 is 0 Å². The monoisotopic (exact) mass is 349 g/mol. The van der Waals surface area contributed by atoms with Crippen LogP contribution in [-0.4, -0.2) is 28.9 Å². The summed E-state index contributed by atoms with van der Waals surface area (Å²) in [6.45, 7) is 1.64. The Morgan fingerprint density at radius 2 is 1.78 bits per heavy atom. The summed E-state index contributed by atoms with van der Waals surface area (Å²) in [4.78, 5) is 18.7. The smallest absolute Gasteiger partial charge is 0.254 e. The number of piperidine rings is 1. The molecule has 1 saturated heterocycles. The lowest BCUT2D eigenvalue weighted by atomic mass is 10.1. The van der Waals surface area contributed by atoms with E-state index in [9.17, 15) is 4.79 Å². The van der Waals surface area contributed by atoms with Crippen LogP contribution in [0.1, 0.15) is 29.6 Å². The molecule has 0 unspecified atom stereocenters. The van der Waals surface area contributed by atoms with Crippen LogP contribution in [0.4, 0.5) is 11.5 Å². The zero-order valence-electron chi connectivity index (χ0n) is 12.6. The highest BCUT2D eigenvalue weighted by molar-refractivity contribution is 6.39. The second kappa shape index (κ2) is 7.20. The van der Waals surface area contributed by atoms with Crippen LogP contribution in [0.3, 0.4) is 0 Å². The number of pyridine rings is 1. The lowest BCUT2D eigenvalue weighted by Crippen LogP contribution is -2.35. The van der Waals surface area contributed by atoms with Crippen molar-refractivity contribution in [2.45, 2.75) is 19.3 Å². The third-order valence-electron chi connectivity index (χ3n) is 3.87. The Bertz CT molecular complexity index is 694. The summed E-state index contributed by atoms with van der Waals surface area (Å²) in [7, 11) is 0. The van der Waals surface area contributed by atoms with E-state index in [1.165, 1.54) is 6.42 Å². The molecule has 1 N–H and O–H groups in total. The Morgan fingerprint density at radius 3 is 2.48 bits per heavy atom. The lowest BCUT2D eigenvalue weighted by molar-refractivity contribution is 0.0724. The molecule has 0 bridgehead atoms. The summed E-state index contributed by atoms with van der Waals surface area (Å²) in [5.74, 6) is 0.586. The van der Waals surface area contributed by atoms with Gasteiger partial charge in [0.25, 0.3) is 5.91 Å². The van der Waals surface area contributed by atoms with Crippen molar-refractivity contribution in [3.63, 3.8) is 0 Å². The number of para-hydroxylation sites is 1. The van der Waals surface area contributed by atoms with Gasteiger partial charge in [-0.15, -0.1) is 0 Å². The number of hydrogen-bond acceptors (Lipinski definition) is 3. The SMILES string of the molecule is O=C(c1ccnc(Nc2c(Cl)cccc2Cl)c1)N1CCCCC1. The third-order valence-corrected chi connectivity index (χ3v) is 4.50. The van der Waals surface area contributed by atoms with Gasteiger partial charge in [0.15, 0.2) is 0 Å². The van der Waals surface area contributed by atoms with Crippen molar-refractivity contribution >= 4 is 40.6 Å². The van der Waals surface area contributed by atoms with Gasteiger partial charge in [-0.25, -0.2) is 4.98 Å². The predicted octanol–water partition coefficient (Wildman–Crippen LogP) is 4.76. The van der Waals surface area contributed by atoms with Crippen molar-refractivity contribution in [2.24, 2.45) is 0 Å². The minimum Gasteiger partial charge on any atom is -0.339 e. The Balaban J connectivity index is 1.81. The summed E-state index contributed by atoms with van der Waals surface area (Å²) in [6.07, 6.45) is 4.94. The summed E-state index contributed by atoms with van der Waals surface area (Å²) in [5, 5.41) is 4.11. The van der Waals surface area contributed by atoms with Gasteiger partial charge in [-0.1, -0.05) is 29.3 Å². The first-order valence-corrected chi connectivity index (χ1v) is 8.37. The van der Waals surface area contributed by atoms with Crippen LogP contribution in [0.25, 0.3) is 0 Å². The van der Waals surface area contributed by atoms with E-state index in [-0.39, 0.29) is 5.91 Å². The van der Waals surface area contributed by atoms with Crippen molar-refractivity contribution in [1.82, 2.24) is 9.88 Å². The van der Waals surface area contributed by atoms with E-state index in [0.29, 0.717) is 27.1 Å². The molecule has 1 amide bonds.